The lowest BCUT2D eigenvalue weighted by atomic mass is 9.98. The summed E-state index contributed by atoms with van der Waals surface area (Å²) in [7, 11) is 0. The molecule has 4 heteroatoms. The van der Waals surface area contributed by atoms with Crippen molar-refractivity contribution < 1.29 is 9.18 Å². The van der Waals surface area contributed by atoms with Crippen LogP contribution < -0.4 is 5.73 Å². The smallest absolute Gasteiger partial charge is 0.179 e. The van der Waals surface area contributed by atoms with E-state index >= 15 is 0 Å². The summed E-state index contributed by atoms with van der Waals surface area (Å²) in [5.41, 5.74) is 8.91. The molecule has 0 saturated heterocycles. The van der Waals surface area contributed by atoms with Crippen molar-refractivity contribution in [1.29, 1.82) is 0 Å². The first-order valence-corrected chi connectivity index (χ1v) is 7.95. The number of nitrogens with two attached hydrogens (primary N) is 1. The van der Waals surface area contributed by atoms with Gasteiger partial charge in [-0.15, -0.1) is 0 Å². The van der Waals surface area contributed by atoms with Crippen LogP contribution in [0.2, 0.25) is 0 Å². The third kappa shape index (κ3) is 3.66. The van der Waals surface area contributed by atoms with Gasteiger partial charge in [-0.1, -0.05) is 54.6 Å². The van der Waals surface area contributed by atoms with E-state index in [0.29, 0.717) is 18.7 Å². The van der Waals surface area contributed by atoms with Gasteiger partial charge in [0.15, 0.2) is 12.1 Å². The summed E-state index contributed by atoms with van der Waals surface area (Å²) >= 11 is 0. The van der Waals surface area contributed by atoms with Gasteiger partial charge in [0.1, 0.15) is 0 Å². The van der Waals surface area contributed by atoms with Crippen molar-refractivity contribution in [3.05, 3.63) is 71.3 Å². The third-order valence-corrected chi connectivity index (χ3v) is 4.40. The molecule has 0 aromatic heterocycles. The number of fused-ring (bicyclic) bond motifs is 1. The molecule has 1 heterocycles. The van der Waals surface area contributed by atoms with Crippen LogP contribution in [0, 0.1) is 0 Å². The Kier molecular flexibility index (Phi) is 4.84. The number of ketones is 1. The second kappa shape index (κ2) is 7.02. The standard InChI is InChI=1S/C19H21FN2O/c20-18(12-17(21)19(23)15-7-2-1-3-8-15)22-11-10-14-6-4-5-9-16(14)13-22/h1-9,17-18H,10-13,21H2. The maximum absolute atomic E-state index is 14.6. The molecule has 2 atom stereocenters. The fourth-order valence-corrected chi connectivity index (χ4v) is 3.04. The molecular weight excluding hydrogens is 291 g/mol. The number of rotatable bonds is 5. The number of carbonyl (C=O) groups is 1. The van der Waals surface area contributed by atoms with Crippen LogP contribution in [0.5, 0.6) is 0 Å². The quantitative estimate of drug-likeness (QED) is 0.682. The molecule has 0 spiro atoms. The fraction of sp³-hybridized carbons (Fsp3) is 0.316. The summed E-state index contributed by atoms with van der Waals surface area (Å²) in [5.74, 6) is -0.203. The Morgan fingerprint density at radius 2 is 1.74 bits per heavy atom. The van der Waals surface area contributed by atoms with E-state index in [1.807, 2.05) is 24.3 Å². The summed E-state index contributed by atoms with van der Waals surface area (Å²) in [5, 5.41) is 0. The van der Waals surface area contributed by atoms with Crippen LogP contribution in [-0.2, 0) is 13.0 Å². The number of benzene rings is 2. The minimum Gasteiger partial charge on any atom is -0.321 e. The molecule has 23 heavy (non-hydrogen) atoms. The van der Waals surface area contributed by atoms with Crippen molar-refractivity contribution >= 4 is 5.78 Å². The molecule has 1 aliphatic heterocycles. The highest BCUT2D eigenvalue weighted by Gasteiger charge is 2.27. The van der Waals surface area contributed by atoms with E-state index in [2.05, 4.69) is 6.07 Å². The Hall–Kier alpha value is -2.04. The zero-order valence-corrected chi connectivity index (χ0v) is 13.0. The zero-order chi connectivity index (χ0) is 16.2. The van der Waals surface area contributed by atoms with Crippen LogP contribution >= 0.6 is 0 Å². The molecule has 0 saturated carbocycles. The highest BCUT2D eigenvalue weighted by atomic mass is 19.1. The summed E-state index contributed by atoms with van der Waals surface area (Å²) in [6, 6.07) is 16.1. The van der Waals surface area contributed by atoms with Crippen molar-refractivity contribution in [1.82, 2.24) is 4.90 Å². The van der Waals surface area contributed by atoms with Gasteiger partial charge in [0.2, 0.25) is 0 Å². The van der Waals surface area contributed by atoms with Gasteiger partial charge in [-0.3, -0.25) is 9.69 Å². The maximum Gasteiger partial charge on any atom is 0.179 e. The average Bonchev–Trinajstić information content (AvgIpc) is 2.61. The van der Waals surface area contributed by atoms with Gasteiger partial charge >= 0.3 is 0 Å². The lowest BCUT2D eigenvalue weighted by molar-refractivity contribution is 0.0537. The lowest BCUT2D eigenvalue weighted by Crippen LogP contribution is -2.42. The zero-order valence-electron chi connectivity index (χ0n) is 13.0. The molecule has 3 nitrogen and oxygen atoms in total. The van der Waals surface area contributed by atoms with E-state index in [1.54, 1.807) is 29.2 Å². The first-order chi connectivity index (χ1) is 11.1. The van der Waals surface area contributed by atoms with Crippen molar-refractivity contribution in [3.8, 4) is 0 Å². The number of halogens is 1. The Morgan fingerprint density at radius 1 is 1.09 bits per heavy atom. The van der Waals surface area contributed by atoms with Gasteiger partial charge in [0.05, 0.1) is 6.04 Å². The first kappa shape index (κ1) is 15.8. The summed E-state index contributed by atoms with van der Waals surface area (Å²) < 4.78 is 14.6. The molecule has 120 valence electrons. The Balaban J connectivity index is 1.61. The maximum atomic E-state index is 14.6. The van der Waals surface area contributed by atoms with E-state index in [0.717, 1.165) is 12.0 Å². The molecule has 0 aliphatic carbocycles. The summed E-state index contributed by atoms with van der Waals surface area (Å²) in [6.07, 6.45) is -0.347. The van der Waals surface area contributed by atoms with E-state index in [9.17, 15) is 9.18 Å². The molecule has 2 aromatic rings. The normalized spacial score (nSPS) is 17.3. The molecule has 2 unspecified atom stereocenters. The first-order valence-electron chi connectivity index (χ1n) is 7.95. The number of hydrogen-bond acceptors (Lipinski definition) is 3. The minimum atomic E-state index is -1.20. The fourth-order valence-electron chi connectivity index (χ4n) is 3.04. The number of carbonyl (C=O) groups excluding carboxylic acids is 1. The minimum absolute atomic E-state index is 0.0237. The van der Waals surface area contributed by atoms with Gasteiger partial charge in [0, 0.05) is 25.1 Å². The van der Waals surface area contributed by atoms with Gasteiger partial charge in [-0.25, -0.2) is 4.39 Å². The SMILES string of the molecule is NC(CC(F)N1CCc2ccccc2C1)C(=O)c1ccccc1. The second-order valence-corrected chi connectivity index (χ2v) is 6.00. The predicted molar refractivity (Wildman–Crippen MR) is 88.8 cm³/mol. The predicted octanol–water partition coefficient (Wildman–Crippen LogP) is 2.94. The highest BCUT2D eigenvalue weighted by Crippen LogP contribution is 2.22. The largest absolute Gasteiger partial charge is 0.321 e. The molecule has 3 rings (SSSR count). The Morgan fingerprint density at radius 3 is 2.48 bits per heavy atom. The Labute approximate surface area is 135 Å². The average molecular weight is 312 g/mol. The summed E-state index contributed by atoms with van der Waals surface area (Å²) in [4.78, 5) is 14.0. The molecule has 1 aliphatic rings. The molecule has 0 fully saturated rings. The van der Waals surface area contributed by atoms with Crippen LogP contribution in [0.3, 0.4) is 0 Å². The van der Waals surface area contributed by atoms with E-state index in [1.165, 1.54) is 5.56 Å². The van der Waals surface area contributed by atoms with E-state index in [-0.39, 0.29) is 12.2 Å². The van der Waals surface area contributed by atoms with Crippen LogP contribution in [0.4, 0.5) is 4.39 Å². The number of nitrogens with zero attached hydrogens (tertiary/aromatic N) is 1. The number of hydrogen-bond donors (Lipinski definition) is 1. The number of alkyl halides is 1. The van der Waals surface area contributed by atoms with Gasteiger partial charge in [-0.05, 0) is 17.5 Å². The molecule has 0 radical (unpaired) electrons. The summed E-state index contributed by atoms with van der Waals surface area (Å²) in [6.45, 7) is 1.23. The molecule has 0 amide bonds. The lowest BCUT2D eigenvalue weighted by Gasteiger charge is -2.32. The van der Waals surface area contributed by atoms with Crippen molar-refractivity contribution in [2.45, 2.75) is 31.7 Å². The van der Waals surface area contributed by atoms with Crippen LogP contribution in [0.1, 0.15) is 27.9 Å². The highest BCUT2D eigenvalue weighted by molar-refractivity contribution is 5.99. The van der Waals surface area contributed by atoms with Crippen LogP contribution in [0.15, 0.2) is 54.6 Å². The van der Waals surface area contributed by atoms with Crippen LogP contribution in [0.25, 0.3) is 0 Å². The molecule has 2 N–H and O–H groups in total. The van der Waals surface area contributed by atoms with E-state index in [4.69, 9.17) is 5.73 Å². The molecule has 2 aromatic carbocycles. The topological polar surface area (TPSA) is 46.3 Å². The molecular formula is C19H21FN2O. The van der Waals surface area contributed by atoms with Crippen LogP contribution in [-0.4, -0.2) is 29.6 Å². The molecule has 0 bridgehead atoms. The Bertz CT molecular complexity index is 674. The number of Topliss-reactive ketones (excluding diaryl/α,β-unsaturated/α-hetero) is 1. The van der Waals surface area contributed by atoms with Crippen molar-refractivity contribution in [3.63, 3.8) is 0 Å². The van der Waals surface area contributed by atoms with Crippen molar-refractivity contribution in [2.75, 3.05) is 6.54 Å². The second-order valence-electron chi connectivity index (χ2n) is 6.00. The third-order valence-electron chi connectivity index (χ3n) is 4.40. The van der Waals surface area contributed by atoms with Gasteiger partial charge in [0.25, 0.3) is 0 Å². The van der Waals surface area contributed by atoms with Gasteiger partial charge < -0.3 is 5.73 Å². The van der Waals surface area contributed by atoms with Gasteiger partial charge in [-0.2, -0.15) is 0 Å². The monoisotopic (exact) mass is 312 g/mol. The van der Waals surface area contributed by atoms with E-state index < -0.39 is 12.3 Å². The van der Waals surface area contributed by atoms with Crippen molar-refractivity contribution in [2.24, 2.45) is 5.73 Å².